The number of hydrogen-bond acceptors (Lipinski definition) is 5. The molecule has 0 amide bonds. The normalized spacial score (nSPS) is 38.4. The number of methoxy groups -OCH3 is 2. The fourth-order valence-corrected chi connectivity index (χ4v) is 3.03. The third kappa shape index (κ3) is 1.04. The van der Waals surface area contributed by atoms with Crippen molar-refractivity contribution >= 4 is 11.9 Å². The average Bonchev–Trinajstić information content (AvgIpc) is 2.93. The van der Waals surface area contributed by atoms with Gasteiger partial charge in [0.25, 0.3) is 0 Å². The Morgan fingerprint density at radius 2 is 1.50 bits per heavy atom. The fraction of sp³-hybridized carbons (Fsp3) is 0.636. The second kappa shape index (κ2) is 3.07. The maximum Gasteiger partial charge on any atom is 0.334 e. The number of carbonyl (C=O) groups excluding carboxylic acids is 2. The first kappa shape index (κ1) is 9.84. The molecule has 3 aliphatic rings. The number of fused-ring (bicyclic) bond motifs is 5. The molecule has 5 nitrogen and oxygen atoms in total. The van der Waals surface area contributed by atoms with Crippen molar-refractivity contribution in [2.45, 2.75) is 18.6 Å². The van der Waals surface area contributed by atoms with Crippen LogP contribution in [0.5, 0.6) is 0 Å². The summed E-state index contributed by atoms with van der Waals surface area (Å²) >= 11 is 0. The molecule has 0 aromatic carbocycles. The molecule has 0 radical (unpaired) electrons. The largest absolute Gasteiger partial charge is 0.466 e. The highest BCUT2D eigenvalue weighted by molar-refractivity contribution is 6.03. The van der Waals surface area contributed by atoms with Crippen LogP contribution in [0.25, 0.3) is 0 Å². The highest BCUT2D eigenvalue weighted by Gasteiger charge is 2.65. The molecule has 2 aliphatic carbocycles. The van der Waals surface area contributed by atoms with E-state index in [4.69, 9.17) is 14.2 Å². The molecule has 2 fully saturated rings. The number of hydrogen-bond donors (Lipinski definition) is 0. The molecular weight excluding hydrogens is 212 g/mol. The van der Waals surface area contributed by atoms with Crippen LogP contribution in [0.15, 0.2) is 11.1 Å². The van der Waals surface area contributed by atoms with Crippen LogP contribution in [0.2, 0.25) is 0 Å². The van der Waals surface area contributed by atoms with Gasteiger partial charge in [-0.25, -0.2) is 9.59 Å². The zero-order chi connectivity index (χ0) is 11.4. The summed E-state index contributed by atoms with van der Waals surface area (Å²) < 4.78 is 14.9. The van der Waals surface area contributed by atoms with E-state index in [0.29, 0.717) is 11.1 Å². The summed E-state index contributed by atoms with van der Waals surface area (Å²) in [6, 6.07) is 0. The predicted molar refractivity (Wildman–Crippen MR) is 51.3 cm³/mol. The van der Waals surface area contributed by atoms with E-state index in [9.17, 15) is 9.59 Å². The van der Waals surface area contributed by atoms with Crippen molar-refractivity contribution in [3.63, 3.8) is 0 Å². The molecule has 1 aliphatic heterocycles. The van der Waals surface area contributed by atoms with Gasteiger partial charge in [0.1, 0.15) is 0 Å². The van der Waals surface area contributed by atoms with Crippen molar-refractivity contribution in [2.24, 2.45) is 11.8 Å². The van der Waals surface area contributed by atoms with Crippen molar-refractivity contribution in [3.05, 3.63) is 11.1 Å². The summed E-state index contributed by atoms with van der Waals surface area (Å²) in [5.41, 5.74) is 0.941. The summed E-state index contributed by atoms with van der Waals surface area (Å²) in [7, 11) is 2.64. The van der Waals surface area contributed by atoms with Crippen molar-refractivity contribution in [2.75, 3.05) is 14.2 Å². The van der Waals surface area contributed by atoms with Gasteiger partial charge in [0.15, 0.2) is 0 Å². The number of carbonyl (C=O) groups is 2. The van der Waals surface area contributed by atoms with E-state index in [-0.39, 0.29) is 24.0 Å². The Labute approximate surface area is 92.3 Å². The fourth-order valence-electron chi connectivity index (χ4n) is 3.03. The standard InChI is InChI=1S/C11H12O5/c1-14-10(12)6-4-3-5(9-8(4)16-9)7(6)11(13)15-2/h4-5,8-9H,3H2,1-2H3/t4-,5+,8-,9+. The zero-order valence-electron chi connectivity index (χ0n) is 9.06. The zero-order valence-corrected chi connectivity index (χ0v) is 9.06. The molecule has 4 atom stereocenters. The van der Waals surface area contributed by atoms with E-state index in [1.54, 1.807) is 0 Å². The third-order valence-electron chi connectivity index (χ3n) is 3.70. The first-order valence-corrected chi connectivity index (χ1v) is 5.25. The molecule has 1 saturated carbocycles. The smallest absolute Gasteiger partial charge is 0.334 e. The van der Waals surface area contributed by atoms with E-state index in [1.807, 2.05) is 0 Å². The quantitative estimate of drug-likeness (QED) is 0.489. The second-order valence-corrected chi connectivity index (χ2v) is 4.32. The molecule has 0 unspecified atom stereocenters. The molecule has 0 aromatic heterocycles. The number of ether oxygens (including phenoxy) is 3. The van der Waals surface area contributed by atoms with Crippen molar-refractivity contribution in [3.8, 4) is 0 Å². The summed E-state index contributed by atoms with van der Waals surface area (Å²) in [6.45, 7) is 0. The van der Waals surface area contributed by atoms with Crippen LogP contribution in [0.4, 0.5) is 0 Å². The van der Waals surface area contributed by atoms with Crippen LogP contribution >= 0.6 is 0 Å². The molecule has 1 saturated heterocycles. The van der Waals surface area contributed by atoms with Crippen LogP contribution in [-0.4, -0.2) is 38.4 Å². The Morgan fingerprint density at radius 3 is 1.88 bits per heavy atom. The minimum absolute atomic E-state index is 0.0246. The highest BCUT2D eigenvalue weighted by atomic mass is 16.6. The van der Waals surface area contributed by atoms with Crippen LogP contribution < -0.4 is 0 Å². The highest BCUT2D eigenvalue weighted by Crippen LogP contribution is 2.59. The Balaban J connectivity index is 2.03. The van der Waals surface area contributed by atoms with Crippen LogP contribution in [0.1, 0.15) is 6.42 Å². The van der Waals surface area contributed by atoms with E-state index >= 15 is 0 Å². The van der Waals surface area contributed by atoms with Crippen LogP contribution in [0, 0.1) is 11.8 Å². The second-order valence-electron chi connectivity index (χ2n) is 4.32. The summed E-state index contributed by atoms with van der Waals surface area (Å²) in [5, 5.41) is 0. The van der Waals surface area contributed by atoms with E-state index < -0.39 is 11.9 Å². The molecule has 1 heterocycles. The monoisotopic (exact) mass is 224 g/mol. The van der Waals surface area contributed by atoms with Gasteiger partial charge in [-0.15, -0.1) is 0 Å². The Morgan fingerprint density at radius 1 is 1.06 bits per heavy atom. The van der Waals surface area contributed by atoms with Gasteiger partial charge in [-0.2, -0.15) is 0 Å². The summed E-state index contributed by atoms with van der Waals surface area (Å²) in [6.07, 6.45) is 1.05. The van der Waals surface area contributed by atoms with Crippen molar-refractivity contribution < 1.29 is 23.8 Å². The molecule has 86 valence electrons. The average molecular weight is 224 g/mol. The van der Waals surface area contributed by atoms with Gasteiger partial charge in [-0.05, 0) is 6.42 Å². The van der Waals surface area contributed by atoms with Gasteiger partial charge in [0.05, 0.1) is 37.6 Å². The lowest BCUT2D eigenvalue weighted by molar-refractivity contribution is -0.139. The van der Waals surface area contributed by atoms with E-state index in [2.05, 4.69) is 0 Å². The molecule has 5 heteroatoms. The molecule has 2 bridgehead atoms. The van der Waals surface area contributed by atoms with Crippen LogP contribution in [-0.2, 0) is 23.8 Å². The molecule has 0 N–H and O–H groups in total. The van der Waals surface area contributed by atoms with Gasteiger partial charge in [0.2, 0.25) is 0 Å². The Hall–Kier alpha value is -1.36. The molecule has 16 heavy (non-hydrogen) atoms. The van der Waals surface area contributed by atoms with Crippen molar-refractivity contribution in [1.29, 1.82) is 0 Å². The van der Waals surface area contributed by atoms with Gasteiger partial charge < -0.3 is 14.2 Å². The Kier molecular flexibility index (Phi) is 1.89. The minimum atomic E-state index is -0.429. The molecule has 3 rings (SSSR count). The third-order valence-corrected chi connectivity index (χ3v) is 3.70. The lowest BCUT2D eigenvalue weighted by Gasteiger charge is -2.13. The van der Waals surface area contributed by atoms with E-state index in [1.165, 1.54) is 14.2 Å². The maximum atomic E-state index is 11.7. The summed E-state index contributed by atoms with van der Waals surface area (Å²) in [5.74, 6) is -0.809. The van der Waals surface area contributed by atoms with Gasteiger partial charge >= 0.3 is 11.9 Å². The molecule has 0 aromatic rings. The van der Waals surface area contributed by atoms with Gasteiger partial charge in [-0.3, -0.25) is 0 Å². The van der Waals surface area contributed by atoms with Crippen molar-refractivity contribution in [1.82, 2.24) is 0 Å². The molecule has 0 spiro atoms. The van der Waals surface area contributed by atoms with E-state index in [0.717, 1.165) is 6.42 Å². The van der Waals surface area contributed by atoms with Gasteiger partial charge in [-0.1, -0.05) is 0 Å². The predicted octanol–water partition coefficient (Wildman–Crippen LogP) is 0.0461. The topological polar surface area (TPSA) is 65.1 Å². The number of rotatable bonds is 2. The first-order valence-electron chi connectivity index (χ1n) is 5.25. The van der Waals surface area contributed by atoms with Gasteiger partial charge in [0, 0.05) is 11.8 Å². The number of epoxide rings is 1. The molecular formula is C11H12O5. The Bertz CT molecular complexity index is 375. The SMILES string of the molecule is COC(=O)C1=C(C(=O)OC)[C@@H]2C[C@H]1[C@H]1O[C@H]12. The lowest BCUT2D eigenvalue weighted by atomic mass is 9.92. The minimum Gasteiger partial charge on any atom is -0.466 e. The van der Waals surface area contributed by atoms with Crippen LogP contribution in [0.3, 0.4) is 0 Å². The number of esters is 2. The summed E-state index contributed by atoms with van der Waals surface area (Å²) in [4.78, 5) is 23.3. The maximum absolute atomic E-state index is 11.7. The lowest BCUT2D eigenvalue weighted by Crippen LogP contribution is -2.23. The first-order chi connectivity index (χ1) is 7.69.